The second-order valence-corrected chi connectivity index (χ2v) is 3.98. The monoisotopic (exact) mass is 246 g/mol. The van der Waals surface area contributed by atoms with Crippen LogP contribution < -0.4 is 10.6 Å². The number of carbonyl (C=O) groups excluding carboxylic acids is 2. The number of methoxy groups -OCH3 is 2. The minimum Gasteiger partial charge on any atom is -0.467 e. The first-order chi connectivity index (χ1) is 8.02. The van der Waals surface area contributed by atoms with Gasteiger partial charge in [-0.15, -0.1) is 0 Å². The maximum Gasteiger partial charge on any atom is 0.328 e. The van der Waals surface area contributed by atoms with Crippen LogP contribution in [0.2, 0.25) is 0 Å². The van der Waals surface area contributed by atoms with Crippen LogP contribution in [0.5, 0.6) is 0 Å². The van der Waals surface area contributed by atoms with E-state index >= 15 is 0 Å². The van der Waals surface area contributed by atoms with E-state index in [-0.39, 0.29) is 18.4 Å². The molecule has 0 saturated heterocycles. The smallest absolute Gasteiger partial charge is 0.328 e. The molecule has 6 nitrogen and oxygen atoms in total. The molecule has 0 saturated carbocycles. The first-order valence-electron chi connectivity index (χ1n) is 5.59. The predicted octanol–water partition coefficient (Wildman–Crippen LogP) is -0.464. The lowest BCUT2D eigenvalue weighted by atomic mass is 10.0. The molecule has 0 aliphatic carbocycles. The third-order valence-electron chi connectivity index (χ3n) is 2.21. The number of ether oxygens (including phenoxy) is 2. The Morgan fingerprint density at radius 1 is 1.24 bits per heavy atom. The summed E-state index contributed by atoms with van der Waals surface area (Å²) in [4.78, 5) is 22.9. The van der Waals surface area contributed by atoms with Gasteiger partial charge in [0.25, 0.3) is 0 Å². The van der Waals surface area contributed by atoms with Gasteiger partial charge in [-0.3, -0.25) is 4.79 Å². The Morgan fingerprint density at radius 2 is 1.88 bits per heavy atom. The summed E-state index contributed by atoms with van der Waals surface area (Å²) in [6.07, 6.45) is 0. The van der Waals surface area contributed by atoms with Crippen molar-refractivity contribution in [2.24, 2.45) is 5.92 Å². The Hall–Kier alpha value is -1.14. The van der Waals surface area contributed by atoms with Gasteiger partial charge in [0.1, 0.15) is 6.04 Å². The van der Waals surface area contributed by atoms with Crippen LogP contribution in [0, 0.1) is 5.92 Å². The standard InChI is InChI=1S/C11H22N2O4/c1-8(2)10(11(15)17-4)13-9(14)7-12-5-6-16-3/h8,10,12H,5-7H2,1-4H3,(H,13,14)/t10-/m0/s1. The van der Waals surface area contributed by atoms with Gasteiger partial charge in [-0.05, 0) is 5.92 Å². The largest absolute Gasteiger partial charge is 0.467 e. The molecule has 0 fully saturated rings. The van der Waals surface area contributed by atoms with Crippen molar-refractivity contribution in [2.75, 3.05) is 33.9 Å². The zero-order chi connectivity index (χ0) is 13.3. The van der Waals surface area contributed by atoms with Crippen LogP contribution in [0.15, 0.2) is 0 Å². The van der Waals surface area contributed by atoms with Crippen LogP contribution in [-0.2, 0) is 19.1 Å². The average molecular weight is 246 g/mol. The van der Waals surface area contributed by atoms with Crippen molar-refractivity contribution in [1.82, 2.24) is 10.6 Å². The SMILES string of the molecule is COCCNCC(=O)N[C@H](C(=O)OC)C(C)C. The van der Waals surface area contributed by atoms with Crippen molar-refractivity contribution in [1.29, 1.82) is 0 Å². The fraction of sp³-hybridized carbons (Fsp3) is 0.818. The molecule has 0 aromatic carbocycles. The lowest BCUT2D eigenvalue weighted by Crippen LogP contribution is -2.48. The van der Waals surface area contributed by atoms with Crippen LogP contribution in [0.25, 0.3) is 0 Å². The van der Waals surface area contributed by atoms with Crippen LogP contribution in [0.4, 0.5) is 0 Å². The molecule has 0 spiro atoms. The van der Waals surface area contributed by atoms with Crippen molar-refractivity contribution in [3.63, 3.8) is 0 Å². The average Bonchev–Trinajstić information content (AvgIpc) is 2.30. The molecule has 0 aromatic heterocycles. The molecule has 2 N–H and O–H groups in total. The third-order valence-corrected chi connectivity index (χ3v) is 2.21. The van der Waals surface area contributed by atoms with Gasteiger partial charge >= 0.3 is 5.97 Å². The van der Waals surface area contributed by atoms with Gasteiger partial charge in [0.2, 0.25) is 5.91 Å². The quantitative estimate of drug-likeness (QED) is 0.447. The molecule has 6 heteroatoms. The molecule has 0 rings (SSSR count). The van der Waals surface area contributed by atoms with Crippen molar-refractivity contribution in [2.45, 2.75) is 19.9 Å². The number of amides is 1. The first kappa shape index (κ1) is 15.9. The molecule has 0 aliphatic rings. The summed E-state index contributed by atoms with van der Waals surface area (Å²) in [6.45, 7) is 4.98. The highest BCUT2D eigenvalue weighted by Crippen LogP contribution is 2.02. The van der Waals surface area contributed by atoms with Gasteiger partial charge < -0.3 is 20.1 Å². The minimum absolute atomic E-state index is 0.00891. The third kappa shape index (κ3) is 6.91. The van der Waals surface area contributed by atoms with Gasteiger partial charge in [-0.25, -0.2) is 4.79 Å². The normalized spacial score (nSPS) is 12.3. The Bertz CT molecular complexity index is 244. The topological polar surface area (TPSA) is 76.7 Å². The molecule has 17 heavy (non-hydrogen) atoms. The van der Waals surface area contributed by atoms with E-state index in [0.717, 1.165) is 0 Å². The summed E-state index contributed by atoms with van der Waals surface area (Å²) in [7, 11) is 2.90. The molecule has 0 aromatic rings. The molecule has 0 bridgehead atoms. The maximum atomic E-state index is 11.5. The molecular weight excluding hydrogens is 224 g/mol. The van der Waals surface area contributed by atoms with Crippen molar-refractivity contribution in [3.05, 3.63) is 0 Å². The van der Waals surface area contributed by atoms with Gasteiger partial charge in [-0.1, -0.05) is 13.8 Å². The second kappa shape index (κ2) is 8.95. The highest BCUT2D eigenvalue weighted by atomic mass is 16.5. The summed E-state index contributed by atoms with van der Waals surface area (Å²) < 4.78 is 9.45. The van der Waals surface area contributed by atoms with Gasteiger partial charge in [0, 0.05) is 13.7 Å². The van der Waals surface area contributed by atoms with E-state index in [1.807, 2.05) is 13.8 Å². The molecular formula is C11H22N2O4. The second-order valence-electron chi connectivity index (χ2n) is 3.98. The Morgan fingerprint density at radius 3 is 2.35 bits per heavy atom. The van der Waals surface area contributed by atoms with Crippen LogP contribution in [-0.4, -0.2) is 51.8 Å². The predicted molar refractivity (Wildman–Crippen MR) is 63.5 cm³/mol. The zero-order valence-electron chi connectivity index (χ0n) is 10.9. The minimum atomic E-state index is -0.600. The summed E-state index contributed by atoms with van der Waals surface area (Å²) >= 11 is 0. The number of rotatable bonds is 8. The van der Waals surface area contributed by atoms with Crippen LogP contribution in [0.1, 0.15) is 13.8 Å². The van der Waals surface area contributed by atoms with E-state index in [9.17, 15) is 9.59 Å². The van der Waals surface area contributed by atoms with E-state index in [0.29, 0.717) is 13.2 Å². The molecule has 0 aliphatic heterocycles. The van der Waals surface area contributed by atoms with E-state index in [4.69, 9.17) is 4.74 Å². The lowest BCUT2D eigenvalue weighted by Gasteiger charge is -2.19. The van der Waals surface area contributed by atoms with Gasteiger partial charge in [-0.2, -0.15) is 0 Å². The van der Waals surface area contributed by atoms with Gasteiger partial charge in [0.05, 0.1) is 20.3 Å². The van der Waals surface area contributed by atoms with Gasteiger partial charge in [0.15, 0.2) is 0 Å². The van der Waals surface area contributed by atoms with Crippen molar-refractivity contribution >= 4 is 11.9 Å². The number of hydrogen-bond donors (Lipinski definition) is 2. The van der Waals surface area contributed by atoms with Crippen LogP contribution >= 0.6 is 0 Å². The van der Waals surface area contributed by atoms with E-state index in [1.54, 1.807) is 7.11 Å². The molecule has 1 atom stereocenters. The Labute approximate surface area is 102 Å². The molecule has 1 amide bonds. The molecule has 0 heterocycles. The Balaban J connectivity index is 4.00. The van der Waals surface area contributed by atoms with E-state index in [2.05, 4.69) is 15.4 Å². The lowest BCUT2D eigenvalue weighted by molar-refractivity contribution is -0.146. The van der Waals surface area contributed by atoms with E-state index in [1.165, 1.54) is 7.11 Å². The maximum absolute atomic E-state index is 11.5. The first-order valence-corrected chi connectivity index (χ1v) is 5.59. The summed E-state index contributed by atoms with van der Waals surface area (Å²) in [5.41, 5.74) is 0. The Kier molecular flexibility index (Phi) is 8.35. The number of hydrogen-bond acceptors (Lipinski definition) is 5. The highest BCUT2D eigenvalue weighted by Gasteiger charge is 2.24. The van der Waals surface area contributed by atoms with Crippen molar-refractivity contribution in [3.8, 4) is 0 Å². The molecule has 0 radical (unpaired) electrons. The summed E-state index contributed by atoms with van der Waals surface area (Å²) in [5, 5.41) is 5.53. The van der Waals surface area contributed by atoms with Crippen molar-refractivity contribution < 1.29 is 19.1 Å². The highest BCUT2D eigenvalue weighted by molar-refractivity contribution is 5.85. The number of nitrogens with one attached hydrogen (secondary N) is 2. The number of carbonyl (C=O) groups is 2. The van der Waals surface area contributed by atoms with Crippen LogP contribution in [0.3, 0.4) is 0 Å². The zero-order valence-corrected chi connectivity index (χ0v) is 10.9. The fourth-order valence-electron chi connectivity index (χ4n) is 1.23. The fourth-order valence-corrected chi connectivity index (χ4v) is 1.23. The molecule has 100 valence electrons. The summed E-state index contributed by atoms with van der Waals surface area (Å²) in [6, 6.07) is -0.600. The summed E-state index contributed by atoms with van der Waals surface area (Å²) in [5.74, 6) is -0.666. The van der Waals surface area contributed by atoms with E-state index < -0.39 is 12.0 Å². The number of esters is 1. The molecule has 0 unspecified atom stereocenters.